The quantitative estimate of drug-likeness (QED) is 0.458. The first-order valence-electron chi connectivity index (χ1n) is 8.59. The standard InChI is InChI=1S/C18H24N6O2/c1-4-19-17(21-12-18(3,25)14-9-8-13(2)26-14)20-11-16-23-22-15-7-5-6-10-24(15)16/h5-10,25H,4,11-12H2,1-3H3,(H2,19,20,21). The Balaban J connectivity index is 1.69. The molecule has 0 spiro atoms. The maximum atomic E-state index is 10.6. The number of guanidine groups is 1. The van der Waals surface area contributed by atoms with Gasteiger partial charge in [0, 0.05) is 12.7 Å². The smallest absolute Gasteiger partial charge is 0.191 e. The highest BCUT2D eigenvalue weighted by Gasteiger charge is 2.27. The van der Waals surface area contributed by atoms with E-state index in [9.17, 15) is 5.11 Å². The summed E-state index contributed by atoms with van der Waals surface area (Å²) in [6.07, 6.45) is 1.91. The average molecular weight is 356 g/mol. The van der Waals surface area contributed by atoms with E-state index < -0.39 is 5.60 Å². The Morgan fingerprint density at radius 2 is 2.12 bits per heavy atom. The van der Waals surface area contributed by atoms with Gasteiger partial charge in [0.2, 0.25) is 0 Å². The zero-order valence-corrected chi connectivity index (χ0v) is 15.2. The predicted molar refractivity (Wildman–Crippen MR) is 98.8 cm³/mol. The lowest BCUT2D eigenvalue weighted by Gasteiger charge is -2.22. The number of hydrogen-bond donors (Lipinski definition) is 3. The van der Waals surface area contributed by atoms with Crippen LogP contribution in [0.2, 0.25) is 0 Å². The molecule has 0 aliphatic rings. The molecule has 0 saturated heterocycles. The third-order valence-corrected chi connectivity index (χ3v) is 3.98. The largest absolute Gasteiger partial charge is 0.463 e. The molecule has 0 amide bonds. The van der Waals surface area contributed by atoms with E-state index in [1.165, 1.54) is 0 Å². The number of fused-ring (bicyclic) bond motifs is 1. The van der Waals surface area contributed by atoms with E-state index in [4.69, 9.17) is 4.42 Å². The first-order chi connectivity index (χ1) is 12.5. The van der Waals surface area contributed by atoms with Gasteiger partial charge in [-0.15, -0.1) is 10.2 Å². The Morgan fingerprint density at radius 1 is 1.27 bits per heavy atom. The number of aliphatic hydroxyl groups is 1. The lowest BCUT2D eigenvalue weighted by molar-refractivity contribution is 0.0378. The van der Waals surface area contributed by atoms with E-state index in [1.807, 2.05) is 48.7 Å². The Morgan fingerprint density at radius 3 is 2.85 bits per heavy atom. The summed E-state index contributed by atoms with van der Waals surface area (Å²) >= 11 is 0. The van der Waals surface area contributed by atoms with E-state index in [2.05, 4.69) is 25.8 Å². The molecule has 3 aromatic rings. The van der Waals surface area contributed by atoms with Gasteiger partial charge in [0.05, 0.1) is 6.54 Å². The highest BCUT2D eigenvalue weighted by atomic mass is 16.4. The maximum Gasteiger partial charge on any atom is 0.191 e. The fourth-order valence-corrected chi connectivity index (χ4v) is 2.56. The third kappa shape index (κ3) is 4.02. The van der Waals surface area contributed by atoms with E-state index >= 15 is 0 Å². The first kappa shape index (κ1) is 17.9. The van der Waals surface area contributed by atoms with Crippen molar-refractivity contribution in [3.63, 3.8) is 0 Å². The van der Waals surface area contributed by atoms with Gasteiger partial charge >= 0.3 is 0 Å². The van der Waals surface area contributed by atoms with Crippen molar-refractivity contribution < 1.29 is 9.52 Å². The highest BCUT2D eigenvalue weighted by molar-refractivity contribution is 5.79. The van der Waals surface area contributed by atoms with Crippen LogP contribution in [-0.4, -0.2) is 38.8 Å². The minimum absolute atomic E-state index is 0.256. The van der Waals surface area contributed by atoms with E-state index in [-0.39, 0.29) is 6.54 Å². The molecule has 0 radical (unpaired) electrons. The van der Waals surface area contributed by atoms with Gasteiger partial charge in [-0.25, -0.2) is 4.99 Å². The second-order valence-corrected chi connectivity index (χ2v) is 6.28. The summed E-state index contributed by atoms with van der Waals surface area (Å²) in [5.41, 5.74) is -0.363. The van der Waals surface area contributed by atoms with Crippen LogP contribution < -0.4 is 10.6 Å². The van der Waals surface area contributed by atoms with Crippen LogP contribution in [0, 0.1) is 6.92 Å². The van der Waals surface area contributed by atoms with Crippen molar-refractivity contribution in [2.24, 2.45) is 4.99 Å². The molecule has 0 fully saturated rings. The summed E-state index contributed by atoms with van der Waals surface area (Å²) < 4.78 is 7.43. The number of rotatable bonds is 6. The molecule has 0 aliphatic carbocycles. The average Bonchev–Trinajstić information content (AvgIpc) is 3.24. The van der Waals surface area contributed by atoms with Crippen molar-refractivity contribution in [2.75, 3.05) is 13.1 Å². The highest BCUT2D eigenvalue weighted by Crippen LogP contribution is 2.21. The SMILES string of the molecule is CCNC(=NCc1nnc2ccccn12)NCC(C)(O)c1ccc(C)o1. The molecule has 26 heavy (non-hydrogen) atoms. The second-order valence-electron chi connectivity index (χ2n) is 6.28. The van der Waals surface area contributed by atoms with E-state index in [1.54, 1.807) is 13.0 Å². The molecule has 3 rings (SSSR count). The summed E-state index contributed by atoms with van der Waals surface area (Å²) in [5.74, 6) is 2.61. The molecule has 0 aliphatic heterocycles. The van der Waals surface area contributed by atoms with E-state index in [0.717, 1.165) is 17.2 Å². The van der Waals surface area contributed by atoms with Crippen molar-refractivity contribution in [1.29, 1.82) is 0 Å². The first-order valence-corrected chi connectivity index (χ1v) is 8.59. The Bertz CT molecular complexity index is 896. The van der Waals surface area contributed by atoms with Gasteiger partial charge in [-0.1, -0.05) is 6.07 Å². The molecule has 3 N–H and O–H groups in total. The summed E-state index contributed by atoms with van der Waals surface area (Å²) in [6.45, 7) is 6.86. The van der Waals surface area contributed by atoms with Crippen LogP contribution in [0.4, 0.5) is 0 Å². The second kappa shape index (κ2) is 7.57. The van der Waals surface area contributed by atoms with Gasteiger partial charge in [0.15, 0.2) is 17.4 Å². The van der Waals surface area contributed by atoms with Crippen molar-refractivity contribution in [2.45, 2.75) is 32.9 Å². The Kier molecular flexibility index (Phi) is 5.22. The van der Waals surface area contributed by atoms with Crippen LogP contribution in [0.15, 0.2) is 45.9 Å². The van der Waals surface area contributed by atoms with Crippen molar-refractivity contribution in [3.05, 3.63) is 53.9 Å². The number of hydrogen-bond acceptors (Lipinski definition) is 5. The van der Waals surface area contributed by atoms with Gasteiger partial charge in [0.25, 0.3) is 0 Å². The molecule has 3 aromatic heterocycles. The molecule has 0 bridgehead atoms. The summed E-state index contributed by atoms with van der Waals surface area (Å²) in [5, 5.41) is 25.2. The molecule has 1 atom stereocenters. The third-order valence-electron chi connectivity index (χ3n) is 3.98. The van der Waals surface area contributed by atoms with Crippen LogP contribution >= 0.6 is 0 Å². The van der Waals surface area contributed by atoms with Crippen molar-refractivity contribution in [3.8, 4) is 0 Å². The lowest BCUT2D eigenvalue weighted by Crippen LogP contribution is -2.44. The molecule has 8 heteroatoms. The number of aromatic nitrogens is 3. The van der Waals surface area contributed by atoms with E-state index in [0.29, 0.717) is 24.8 Å². The van der Waals surface area contributed by atoms with Crippen LogP contribution in [0.3, 0.4) is 0 Å². The number of nitrogens with zero attached hydrogens (tertiary/aromatic N) is 4. The van der Waals surface area contributed by atoms with Gasteiger partial charge in [-0.05, 0) is 45.0 Å². The summed E-state index contributed by atoms with van der Waals surface area (Å²) in [4.78, 5) is 4.54. The lowest BCUT2D eigenvalue weighted by atomic mass is 10.0. The molecular formula is C18H24N6O2. The molecular weight excluding hydrogens is 332 g/mol. The van der Waals surface area contributed by atoms with Gasteiger partial charge in [-0.3, -0.25) is 4.40 Å². The van der Waals surface area contributed by atoms with Crippen LogP contribution in [0.1, 0.15) is 31.2 Å². The molecule has 138 valence electrons. The fraction of sp³-hybridized carbons (Fsp3) is 0.389. The zero-order valence-electron chi connectivity index (χ0n) is 15.2. The fourth-order valence-electron chi connectivity index (χ4n) is 2.56. The number of nitrogens with one attached hydrogen (secondary N) is 2. The summed E-state index contributed by atoms with van der Waals surface area (Å²) in [6, 6.07) is 9.35. The predicted octanol–water partition coefficient (Wildman–Crippen LogP) is 1.59. The Labute approximate surface area is 152 Å². The van der Waals surface area contributed by atoms with Gasteiger partial charge in [-0.2, -0.15) is 0 Å². The normalized spacial score (nSPS) is 14.4. The number of aryl methyl sites for hydroxylation is 1. The zero-order chi connectivity index (χ0) is 18.6. The molecule has 8 nitrogen and oxygen atoms in total. The molecule has 1 unspecified atom stereocenters. The summed E-state index contributed by atoms with van der Waals surface area (Å²) in [7, 11) is 0. The van der Waals surface area contributed by atoms with Gasteiger partial charge in [0.1, 0.15) is 23.7 Å². The maximum absolute atomic E-state index is 10.6. The van der Waals surface area contributed by atoms with Crippen molar-refractivity contribution in [1.82, 2.24) is 25.2 Å². The topological polar surface area (TPSA) is 100.0 Å². The van der Waals surface area contributed by atoms with Crippen molar-refractivity contribution >= 4 is 11.6 Å². The Hall–Kier alpha value is -2.87. The number of pyridine rings is 1. The van der Waals surface area contributed by atoms with Gasteiger partial charge < -0.3 is 20.2 Å². The van der Waals surface area contributed by atoms with Crippen LogP contribution in [0.5, 0.6) is 0 Å². The molecule has 0 saturated carbocycles. The van der Waals surface area contributed by atoms with Crippen LogP contribution in [0.25, 0.3) is 5.65 Å². The molecule has 0 aromatic carbocycles. The minimum Gasteiger partial charge on any atom is -0.463 e. The molecule has 3 heterocycles. The monoisotopic (exact) mass is 356 g/mol. The number of aliphatic imine (C=N–C) groups is 1. The minimum atomic E-state index is -1.15. The van der Waals surface area contributed by atoms with Crippen LogP contribution in [-0.2, 0) is 12.1 Å². The number of furan rings is 1.